The van der Waals surface area contributed by atoms with E-state index in [4.69, 9.17) is 9.15 Å². The van der Waals surface area contributed by atoms with Crippen LogP contribution in [-0.4, -0.2) is 34.9 Å². The molecule has 4 aromatic rings. The van der Waals surface area contributed by atoms with E-state index in [-0.39, 0.29) is 17.6 Å². The number of esters is 1. The van der Waals surface area contributed by atoms with Crippen LogP contribution in [0.4, 0.5) is 5.69 Å². The van der Waals surface area contributed by atoms with Crippen LogP contribution in [0.25, 0.3) is 0 Å². The summed E-state index contributed by atoms with van der Waals surface area (Å²) >= 11 is 1.15. The molecule has 4 rings (SSSR count). The second-order valence-corrected chi connectivity index (χ2v) is 8.00. The number of ether oxygens (including phenoxy) is 1. The molecule has 0 atom stereocenters. The Balaban J connectivity index is 1.44. The molecule has 7 nitrogen and oxygen atoms in total. The number of hydrogen-bond donors (Lipinski definition) is 1. The Morgan fingerprint density at radius 1 is 0.939 bits per heavy atom. The van der Waals surface area contributed by atoms with Gasteiger partial charge in [-0.25, -0.2) is 4.79 Å². The first-order valence-electron chi connectivity index (χ1n) is 10.2. The van der Waals surface area contributed by atoms with Gasteiger partial charge in [0.2, 0.25) is 11.8 Å². The van der Waals surface area contributed by atoms with Crippen LogP contribution in [0, 0.1) is 0 Å². The summed E-state index contributed by atoms with van der Waals surface area (Å²) in [6.07, 6.45) is 0. The molecular formula is C25H21N3O4S. The van der Waals surface area contributed by atoms with Crippen LogP contribution in [0.15, 0.2) is 94.6 Å². The van der Waals surface area contributed by atoms with Crippen LogP contribution in [0.5, 0.6) is 0 Å². The van der Waals surface area contributed by atoms with Gasteiger partial charge in [0, 0.05) is 5.69 Å². The summed E-state index contributed by atoms with van der Waals surface area (Å²) in [6, 6.07) is 26.4. The number of benzene rings is 3. The quantitative estimate of drug-likeness (QED) is 0.300. The molecule has 8 heteroatoms. The predicted molar refractivity (Wildman–Crippen MR) is 125 cm³/mol. The summed E-state index contributed by atoms with van der Waals surface area (Å²) < 4.78 is 10.6. The highest BCUT2D eigenvalue weighted by Gasteiger charge is 2.23. The zero-order valence-electron chi connectivity index (χ0n) is 17.8. The van der Waals surface area contributed by atoms with Crippen molar-refractivity contribution in [3.05, 3.63) is 108 Å². The second kappa shape index (κ2) is 10.6. The largest absolute Gasteiger partial charge is 0.465 e. The molecule has 0 unspecified atom stereocenters. The van der Waals surface area contributed by atoms with E-state index in [1.54, 1.807) is 24.3 Å². The lowest BCUT2D eigenvalue weighted by atomic mass is 9.91. The molecule has 1 aromatic heterocycles. The summed E-state index contributed by atoms with van der Waals surface area (Å²) in [5.41, 5.74) is 2.93. The van der Waals surface area contributed by atoms with Crippen LogP contribution < -0.4 is 5.32 Å². The highest BCUT2D eigenvalue weighted by Crippen LogP contribution is 2.32. The van der Waals surface area contributed by atoms with Gasteiger partial charge in [0.25, 0.3) is 5.22 Å². The van der Waals surface area contributed by atoms with E-state index in [1.165, 1.54) is 7.11 Å². The average molecular weight is 460 g/mol. The highest BCUT2D eigenvalue weighted by atomic mass is 32.2. The first-order chi connectivity index (χ1) is 16.1. The van der Waals surface area contributed by atoms with Gasteiger partial charge in [0.05, 0.1) is 24.3 Å². The highest BCUT2D eigenvalue weighted by molar-refractivity contribution is 7.99. The van der Waals surface area contributed by atoms with Gasteiger partial charge >= 0.3 is 5.97 Å². The molecule has 33 heavy (non-hydrogen) atoms. The van der Waals surface area contributed by atoms with Crippen molar-refractivity contribution in [1.82, 2.24) is 10.2 Å². The molecular weight excluding hydrogens is 438 g/mol. The maximum atomic E-state index is 12.4. The Kier molecular flexibility index (Phi) is 7.16. The van der Waals surface area contributed by atoms with Crippen LogP contribution in [0.2, 0.25) is 0 Å². The van der Waals surface area contributed by atoms with Crippen molar-refractivity contribution in [2.45, 2.75) is 11.1 Å². The standard InChI is InChI=1S/C25H21N3O4S/c1-31-24(30)19-13-8-14-20(15-19)26-21(29)16-33-25-28-27-23(32-25)22(17-9-4-2-5-10-17)18-11-6-3-7-12-18/h2-15,22H,16H2,1H3,(H,26,29). The van der Waals surface area contributed by atoms with Gasteiger partial charge in [0.1, 0.15) is 0 Å². The summed E-state index contributed by atoms with van der Waals surface area (Å²) in [4.78, 5) is 24.0. The first kappa shape index (κ1) is 22.3. The molecule has 0 saturated carbocycles. The van der Waals surface area contributed by atoms with E-state index in [2.05, 4.69) is 15.5 Å². The van der Waals surface area contributed by atoms with Gasteiger partial charge in [-0.15, -0.1) is 10.2 Å². The third-order valence-electron chi connectivity index (χ3n) is 4.83. The maximum absolute atomic E-state index is 12.4. The smallest absolute Gasteiger partial charge is 0.337 e. The first-order valence-corrected chi connectivity index (χ1v) is 11.2. The normalized spacial score (nSPS) is 10.7. The number of nitrogens with one attached hydrogen (secondary N) is 1. The number of aromatic nitrogens is 2. The molecule has 1 N–H and O–H groups in total. The van der Waals surface area contributed by atoms with E-state index >= 15 is 0 Å². The monoisotopic (exact) mass is 459 g/mol. The molecule has 0 bridgehead atoms. The number of carbonyl (C=O) groups excluding carboxylic acids is 2. The lowest BCUT2D eigenvalue weighted by Crippen LogP contribution is -2.14. The zero-order valence-corrected chi connectivity index (χ0v) is 18.6. The van der Waals surface area contributed by atoms with E-state index in [0.29, 0.717) is 22.4 Å². The minimum atomic E-state index is -0.467. The molecule has 166 valence electrons. The SMILES string of the molecule is COC(=O)c1cccc(NC(=O)CSc2nnc(C(c3ccccc3)c3ccccc3)o2)c1. The summed E-state index contributed by atoms with van der Waals surface area (Å²) in [7, 11) is 1.31. The van der Waals surface area contributed by atoms with Crippen LogP contribution in [0.1, 0.15) is 33.3 Å². The third kappa shape index (κ3) is 5.67. The molecule has 0 saturated heterocycles. The van der Waals surface area contributed by atoms with Gasteiger partial charge in [-0.1, -0.05) is 78.5 Å². The number of rotatable bonds is 8. The number of amides is 1. The minimum absolute atomic E-state index is 0.0748. The van der Waals surface area contributed by atoms with Crippen molar-refractivity contribution in [2.75, 3.05) is 18.2 Å². The number of methoxy groups -OCH3 is 1. The summed E-state index contributed by atoms with van der Waals surface area (Å²) in [6.45, 7) is 0. The van der Waals surface area contributed by atoms with Gasteiger partial charge < -0.3 is 14.5 Å². The lowest BCUT2D eigenvalue weighted by molar-refractivity contribution is -0.113. The molecule has 0 fully saturated rings. The second-order valence-electron chi connectivity index (χ2n) is 7.07. The Labute approximate surface area is 195 Å². The third-order valence-corrected chi connectivity index (χ3v) is 5.65. The number of nitrogens with zero attached hydrogens (tertiary/aromatic N) is 2. The van der Waals surface area contributed by atoms with E-state index in [9.17, 15) is 9.59 Å². The molecule has 0 aliphatic rings. The summed E-state index contributed by atoms with van der Waals surface area (Å²) in [5, 5.41) is 11.4. The number of carbonyl (C=O) groups is 2. The van der Waals surface area contributed by atoms with E-state index in [0.717, 1.165) is 22.9 Å². The molecule has 0 spiro atoms. The zero-order chi connectivity index (χ0) is 23.0. The Hall–Kier alpha value is -3.91. The molecule has 0 radical (unpaired) electrons. The Bertz CT molecular complexity index is 1190. The van der Waals surface area contributed by atoms with Crippen molar-refractivity contribution < 1.29 is 18.7 Å². The summed E-state index contributed by atoms with van der Waals surface area (Å²) in [5.74, 6) is -0.397. The van der Waals surface area contributed by atoms with Crippen molar-refractivity contribution >= 4 is 29.3 Å². The molecule has 3 aromatic carbocycles. The predicted octanol–water partition coefficient (Wildman–Crippen LogP) is 4.77. The van der Waals surface area contributed by atoms with Crippen molar-refractivity contribution in [3.63, 3.8) is 0 Å². The maximum Gasteiger partial charge on any atom is 0.337 e. The lowest BCUT2D eigenvalue weighted by Gasteiger charge is -2.13. The van der Waals surface area contributed by atoms with Crippen molar-refractivity contribution in [3.8, 4) is 0 Å². The van der Waals surface area contributed by atoms with Crippen molar-refractivity contribution in [1.29, 1.82) is 0 Å². The van der Waals surface area contributed by atoms with Crippen LogP contribution in [-0.2, 0) is 9.53 Å². The molecule has 1 amide bonds. The number of anilines is 1. The van der Waals surface area contributed by atoms with Gasteiger partial charge in [-0.05, 0) is 29.3 Å². The minimum Gasteiger partial charge on any atom is -0.465 e. The average Bonchev–Trinajstić information content (AvgIpc) is 3.32. The van der Waals surface area contributed by atoms with Gasteiger partial charge in [-0.3, -0.25) is 4.79 Å². The fourth-order valence-corrected chi connectivity index (χ4v) is 3.90. The Morgan fingerprint density at radius 3 is 2.24 bits per heavy atom. The molecule has 0 aliphatic carbocycles. The number of thioether (sulfide) groups is 1. The van der Waals surface area contributed by atoms with Crippen LogP contribution in [0.3, 0.4) is 0 Å². The Morgan fingerprint density at radius 2 is 1.61 bits per heavy atom. The van der Waals surface area contributed by atoms with E-state index in [1.807, 2.05) is 60.7 Å². The van der Waals surface area contributed by atoms with E-state index < -0.39 is 5.97 Å². The van der Waals surface area contributed by atoms with Gasteiger partial charge in [-0.2, -0.15) is 0 Å². The number of hydrogen-bond acceptors (Lipinski definition) is 7. The van der Waals surface area contributed by atoms with Crippen LogP contribution >= 0.6 is 11.8 Å². The fraction of sp³-hybridized carbons (Fsp3) is 0.120. The topological polar surface area (TPSA) is 94.3 Å². The van der Waals surface area contributed by atoms with Crippen molar-refractivity contribution in [2.24, 2.45) is 0 Å². The molecule has 1 heterocycles. The van der Waals surface area contributed by atoms with Gasteiger partial charge in [0.15, 0.2) is 0 Å². The fourth-order valence-electron chi connectivity index (χ4n) is 3.33. The molecule has 0 aliphatic heterocycles.